The minimum absolute atomic E-state index is 0.241. The van der Waals surface area contributed by atoms with Crippen LogP contribution in [0.15, 0.2) is 24.3 Å². The van der Waals surface area contributed by atoms with Crippen molar-refractivity contribution in [3.8, 4) is 0 Å². The molecule has 0 aromatic heterocycles. The van der Waals surface area contributed by atoms with Gasteiger partial charge in [0.25, 0.3) is 33.7 Å². The molecule has 2 aromatic rings. The summed E-state index contributed by atoms with van der Waals surface area (Å²) in [6.45, 7) is 16.4. The average molecular weight is 749 g/mol. The lowest BCUT2D eigenvalue weighted by atomic mass is 9.68. The van der Waals surface area contributed by atoms with Gasteiger partial charge in [-0.05, 0) is 122 Å². The molecule has 4 fully saturated rings. The number of hydrogen-bond donors (Lipinski definition) is 3. The van der Waals surface area contributed by atoms with Crippen molar-refractivity contribution in [1.82, 2.24) is 20.4 Å². The second-order valence-corrected chi connectivity index (χ2v) is 20.1. The topological polar surface area (TPSA) is 153 Å². The Hall–Kier alpha value is -3.19. The lowest BCUT2D eigenvalue weighted by molar-refractivity contribution is 0.0583. The Morgan fingerprint density at radius 1 is 0.642 bits per heavy atom. The highest BCUT2D eigenvalue weighted by atomic mass is 32.2. The molecule has 6 atom stereocenters. The fourth-order valence-corrected chi connectivity index (χ4v) is 12.0. The summed E-state index contributed by atoms with van der Waals surface area (Å²) in [5.41, 5.74) is 2.66. The van der Waals surface area contributed by atoms with E-state index in [1.165, 1.54) is 48.3 Å². The zero-order valence-corrected chi connectivity index (χ0v) is 33.1. The molecule has 4 amide bonds. The van der Waals surface area contributed by atoms with Crippen LogP contribution in [0.4, 0.5) is 0 Å². The fraction of sp³-hybridized carbons (Fsp3) is 0.659. The molecule has 53 heavy (non-hydrogen) atoms. The lowest BCUT2D eigenvalue weighted by Crippen LogP contribution is -2.51. The highest BCUT2D eigenvalue weighted by molar-refractivity contribution is 7.85. The van der Waals surface area contributed by atoms with Crippen LogP contribution in [0.3, 0.4) is 0 Å². The van der Waals surface area contributed by atoms with Crippen molar-refractivity contribution in [3.63, 3.8) is 0 Å². The number of nitrogens with one attached hydrogen (secondary N) is 2. The van der Waals surface area contributed by atoms with Gasteiger partial charge in [0.05, 0.1) is 6.26 Å². The standard InChI is InChI=1S/C40H52N4O4.CH4O3S/c1-37(2)23-13-15-39(5,21-23)35(37)41-17-7-19-43-31(45)25-9-11-27-30-28(12-10-26(29(25)30)32(43)46)34(48)44(33(27)47)20-8-18-42-36-38(3,4)24-14-16-40(36,6)22-24;1-5(2,3)4/h9-12,23-24,35-36,41-42H,7-8,13-22H2,1-6H3;1H3,(H,2,3,4). The number of carbonyl (C=O) groups excluding carboxylic acids is 4. The minimum Gasteiger partial charge on any atom is -0.313 e. The number of fused-ring (bicyclic) bond motifs is 4. The maximum Gasteiger partial charge on any atom is 0.261 e. The second-order valence-electron chi connectivity index (χ2n) is 18.6. The van der Waals surface area contributed by atoms with Crippen molar-refractivity contribution in [2.24, 2.45) is 33.5 Å². The number of nitrogens with zero attached hydrogens (tertiary/aromatic N) is 2. The number of amides is 4. The zero-order chi connectivity index (χ0) is 38.5. The van der Waals surface area contributed by atoms with Gasteiger partial charge in [-0.25, -0.2) is 0 Å². The molecule has 2 heterocycles. The van der Waals surface area contributed by atoms with Gasteiger partial charge in [-0.3, -0.25) is 33.5 Å². The SMILES string of the molecule is CC12CCC(C1)C(C)(C)C2NCCCN1C(=O)c2ccc3c4c(ccc(c24)C1=O)C(=O)N(CCCNC1C2(C)CCC(C2)C1(C)C)C3=O.CS(=O)(=O)O. The van der Waals surface area contributed by atoms with Gasteiger partial charge in [0.2, 0.25) is 0 Å². The molecular formula is C41H56N4O7S. The van der Waals surface area contributed by atoms with Crippen LogP contribution in [0, 0.1) is 33.5 Å². The van der Waals surface area contributed by atoms with E-state index in [2.05, 4.69) is 52.2 Å². The van der Waals surface area contributed by atoms with Crippen LogP contribution in [0.2, 0.25) is 0 Å². The van der Waals surface area contributed by atoms with Crippen molar-refractivity contribution in [3.05, 3.63) is 46.5 Å². The highest BCUT2D eigenvalue weighted by Crippen LogP contribution is 2.63. The van der Waals surface area contributed by atoms with Crippen LogP contribution >= 0.6 is 0 Å². The Labute approximate surface area is 313 Å². The molecule has 12 heteroatoms. The Bertz CT molecular complexity index is 1790. The maximum atomic E-state index is 13.8. The van der Waals surface area contributed by atoms with Crippen molar-refractivity contribution in [2.75, 3.05) is 32.4 Å². The summed E-state index contributed by atoms with van der Waals surface area (Å²) in [7, 11) is -3.67. The van der Waals surface area contributed by atoms with Gasteiger partial charge in [-0.1, -0.05) is 41.5 Å². The Morgan fingerprint density at radius 3 is 1.21 bits per heavy atom. The molecule has 2 aromatic carbocycles. The molecule has 0 saturated heterocycles. The number of benzene rings is 2. The second kappa shape index (κ2) is 13.0. The summed E-state index contributed by atoms with van der Waals surface area (Å²) >= 11 is 0. The predicted octanol–water partition coefficient (Wildman–Crippen LogP) is 5.92. The predicted molar refractivity (Wildman–Crippen MR) is 203 cm³/mol. The zero-order valence-electron chi connectivity index (χ0n) is 32.3. The van der Waals surface area contributed by atoms with E-state index < -0.39 is 10.1 Å². The molecule has 8 rings (SSSR count). The Kier molecular flexibility index (Phi) is 9.31. The van der Waals surface area contributed by atoms with E-state index in [9.17, 15) is 27.6 Å². The van der Waals surface area contributed by atoms with Gasteiger partial charge in [0, 0.05) is 58.2 Å². The summed E-state index contributed by atoms with van der Waals surface area (Å²) in [4.78, 5) is 57.8. The largest absolute Gasteiger partial charge is 0.313 e. The first-order valence-electron chi connectivity index (χ1n) is 19.4. The van der Waals surface area contributed by atoms with Crippen LogP contribution in [0.1, 0.15) is 134 Å². The molecule has 0 spiro atoms. The lowest BCUT2D eigenvalue weighted by Gasteiger charge is -2.43. The van der Waals surface area contributed by atoms with E-state index >= 15 is 0 Å². The number of carbonyl (C=O) groups is 4. The molecule has 2 aliphatic heterocycles. The van der Waals surface area contributed by atoms with Gasteiger partial charge >= 0.3 is 0 Å². The Morgan fingerprint density at radius 2 is 0.943 bits per heavy atom. The molecule has 6 unspecified atom stereocenters. The molecule has 0 radical (unpaired) electrons. The summed E-state index contributed by atoms with van der Waals surface area (Å²) < 4.78 is 25.9. The van der Waals surface area contributed by atoms with Crippen LogP contribution in [-0.4, -0.2) is 90.9 Å². The Balaban J connectivity index is 0.000000817. The third kappa shape index (κ3) is 6.25. The summed E-state index contributed by atoms with van der Waals surface area (Å²) in [5, 5.41) is 8.50. The van der Waals surface area contributed by atoms with Gasteiger partial charge < -0.3 is 10.6 Å². The van der Waals surface area contributed by atoms with Crippen molar-refractivity contribution >= 4 is 44.5 Å². The number of imide groups is 2. The van der Waals surface area contributed by atoms with Crippen LogP contribution in [-0.2, 0) is 10.1 Å². The number of hydrogen-bond acceptors (Lipinski definition) is 8. The monoisotopic (exact) mass is 748 g/mol. The normalized spacial score (nSPS) is 31.8. The number of rotatable bonds is 10. The van der Waals surface area contributed by atoms with Crippen molar-refractivity contribution < 1.29 is 32.1 Å². The first-order valence-corrected chi connectivity index (χ1v) is 21.3. The summed E-state index contributed by atoms with van der Waals surface area (Å²) in [6.07, 6.45) is 9.70. The van der Waals surface area contributed by atoms with E-state index in [0.717, 1.165) is 24.9 Å². The van der Waals surface area contributed by atoms with Gasteiger partial charge in [-0.15, -0.1) is 0 Å². The van der Waals surface area contributed by atoms with Gasteiger partial charge in [-0.2, -0.15) is 8.42 Å². The van der Waals surface area contributed by atoms with Crippen molar-refractivity contribution in [1.29, 1.82) is 0 Å². The third-order valence-electron chi connectivity index (χ3n) is 14.4. The average Bonchev–Trinajstić information content (AvgIpc) is 3.76. The van der Waals surface area contributed by atoms with Gasteiger partial charge in [0.15, 0.2) is 0 Å². The molecule has 4 bridgehead atoms. The highest BCUT2D eigenvalue weighted by Gasteiger charge is 2.60. The summed E-state index contributed by atoms with van der Waals surface area (Å²) in [5.74, 6) is 0.0886. The van der Waals surface area contributed by atoms with E-state index in [1.807, 2.05) is 0 Å². The van der Waals surface area contributed by atoms with Crippen LogP contribution in [0.5, 0.6) is 0 Å². The van der Waals surface area contributed by atoms with E-state index in [0.29, 0.717) is 88.1 Å². The molecule has 11 nitrogen and oxygen atoms in total. The third-order valence-corrected chi connectivity index (χ3v) is 14.4. The molecule has 288 valence electrons. The fourth-order valence-electron chi connectivity index (χ4n) is 12.0. The van der Waals surface area contributed by atoms with E-state index in [-0.39, 0.29) is 34.5 Å². The van der Waals surface area contributed by atoms with Crippen molar-refractivity contribution in [2.45, 2.75) is 105 Å². The first-order chi connectivity index (χ1) is 24.7. The van der Waals surface area contributed by atoms with E-state index in [1.54, 1.807) is 24.3 Å². The van der Waals surface area contributed by atoms with Gasteiger partial charge in [0.1, 0.15) is 0 Å². The van der Waals surface area contributed by atoms with Crippen LogP contribution < -0.4 is 10.6 Å². The molecule has 4 saturated carbocycles. The first kappa shape index (κ1) is 38.1. The summed E-state index contributed by atoms with van der Waals surface area (Å²) in [6, 6.07) is 7.56. The molecule has 3 N–H and O–H groups in total. The molecule has 4 aliphatic carbocycles. The minimum atomic E-state index is -3.67. The quantitative estimate of drug-likeness (QED) is 0.153. The molecular weight excluding hydrogens is 693 g/mol. The van der Waals surface area contributed by atoms with E-state index in [4.69, 9.17) is 4.55 Å². The maximum absolute atomic E-state index is 13.8. The molecule has 6 aliphatic rings. The van der Waals surface area contributed by atoms with Crippen LogP contribution in [0.25, 0.3) is 10.8 Å². The smallest absolute Gasteiger partial charge is 0.261 e.